The molecular weight excluding hydrogens is 424 g/mol. The lowest BCUT2D eigenvalue weighted by Crippen LogP contribution is -2.56. The zero-order chi connectivity index (χ0) is 22.6. The van der Waals surface area contributed by atoms with E-state index in [0.29, 0.717) is 22.6 Å². The van der Waals surface area contributed by atoms with Crippen LogP contribution in [-0.2, 0) is 4.74 Å². The summed E-state index contributed by atoms with van der Waals surface area (Å²) in [4.78, 5) is 26.4. The number of benzene rings is 1. The Hall–Kier alpha value is -2.27. The quantitative estimate of drug-likeness (QED) is 0.605. The summed E-state index contributed by atoms with van der Waals surface area (Å²) >= 11 is 6.03. The molecule has 170 valence electrons. The number of hydrogen-bond donors (Lipinski definition) is 1. The smallest absolute Gasteiger partial charge is 0.419 e. The van der Waals surface area contributed by atoms with E-state index in [1.807, 2.05) is 32.9 Å². The van der Waals surface area contributed by atoms with Crippen molar-refractivity contribution in [1.82, 2.24) is 9.88 Å². The van der Waals surface area contributed by atoms with Gasteiger partial charge in [0.15, 0.2) is 0 Å². The number of hydrogen-bond acceptors (Lipinski definition) is 3. The van der Waals surface area contributed by atoms with Gasteiger partial charge in [0.05, 0.1) is 0 Å². The third-order valence-electron chi connectivity index (χ3n) is 7.34. The lowest BCUT2D eigenvalue weighted by atomic mass is 9.54. The highest BCUT2D eigenvalue weighted by Crippen LogP contribution is 2.53. The molecule has 0 aliphatic heterocycles. The van der Waals surface area contributed by atoms with Crippen LogP contribution in [0.5, 0.6) is 0 Å². The minimum absolute atomic E-state index is 0.200. The SMILES string of the molecule is CC(C)(C)OC(=O)n1cc(-c2ccc(Cl)cc2)cc1C(=O)NC1C2CC3CC(C2)CC1C3. The van der Waals surface area contributed by atoms with Crippen molar-refractivity contribution in [1.29, 1.82) is 0 Å². The van der Waals surface area contributed by atoms with E-state index in [1.54, 1.807) is 24.4 Å². The third-order valence-corrected chi connectivity index (χ3v) is 7.60. The Morgan fingerprint density at radius 1 is 0.969 bits per heavy atom. The van der Waals surface area contributed by atoms with Gasteiger partial charge < -0.3 is 10.1 Å². The standard InChI is InChI=1S/C26H31ClN2O3/c1-26(2,3)32-25(31)29-14-20(17-4-6-21(27)7-5-17)13-22(29)24(30)28-23-18-9-15-8-16(11-18)12-19(23)10-15/h4-7,13-16,18-19,23H,8-12H2,1-3H3,(H,28,30). The second-order valence-electron chi connectivity index (χ2n) is 10.9. The zero-order valence-electron chi connectivity index (χ0n) is 18.9. The summed E-state index contributed by atoms with van der Waals surface area (Å²) in [5, 5.41) is 3.96. The molecule has 4 aliphatic carbocycles. The fourth-order valence-electron chi connectivity index (χ4n) is 6.29. The first-order chi connectivity index (χ1) is 15.2. The number of carbonyl (C=O) groups excluding carboxylic acids is 2. The van der Waals surface area contributed by atoms with Crippen LogP contribution < -0.4 is 5.32 Å². The maximum absolute atomic E-state index is 13.5. The molecule has 5 nitrogen and oxygen atoms in total. The maximum atomic E-state index is 13.5. The van der Waals surface area contributed by atoms with Crippen molar-refractivity contribution in [3.8, 4) is 11.1 Å². The number of amides is 1. The van der Waals surface area contributed by atoms with Crippen LogP contribution in [0.4, 0.5) is 4.79 Å². The van der Waals surface area contributed by atoms with Gasteiger partial charge in [0.2, 0.25) is 0 Å². The molecule has 2 aromatic rings. The predicted molar refractivity (Wildman–Crippen MR) is 125 cm³/mol. The first-order valence-electron chi connectivity index (χ1n) is 11.7. The van der Waals surface area contributed by atoms with Gasteiger partial charge in [-0.15, -0.1) is 0 Å². The highest BCUT2D eigenvalue weighted by molar-refractivity contribution is 6.30. The largest absolute Gasteiger partial charge is 0.443 e. The van der Waals surface area contributed by atoms with Gasteiger partial charge in [-0.3, -0.25) is 4.79 Å². The molecule has 1 aromatic heterocycles. The van der Waals surface area contributed by atoms with Crippen LogP contribution in [-0.4, -0.2) is 28.2 Å². The van der Waals surface area contributed by atoms with E-state index in [4.69, 9.17) is 16.3 Å². The molecule has 4 aliphatic rings. The van der Waals surface area contributed by atoms with Crippen molar-refractivity contribution in [2.24, 2.45) is 23.7 Å². The second-order valence-corrected chi connectivity index (χ2v) is 11.3. The van der Waals surface area contributed by atoms with Crippen molar-refractivity contribution in [2.45, 2.75) is 64.5 Å². The summed E-state index contributed by atoms with van der Waals surface area (Å²) in [6.07, 6.45) is 7.40. The van der Waals surface area contributed by atoms with Gasteiger partial charge in [-0.1, -0.05) is 23.7 Å². The van der Waals surface area contributed by atoms with Crippen molar-refractivity contribution in [3.05, 3.63) is 47.2 Å². The molecule has 4 saturated carbocycles. The molecular formula is C26H31ClN2O3. The molecule has 1 aromatic carbocycles. The van der Waals surface area contributed by atoms with E-state index in [-0.39, 0.29) is 11.9 Å². The number of aromatic nitrogens is 1. The van der Waals surface area contributed by atoms with Gasteiger partial charge in [0.1, 0.15) is 11.3 Å². The van der Waals surface area contributed by atoms with E-state index in [1.165, 1.54) is 36.7 Å². The number of carbonyl (C=O) groups is 2. The summed E-state index contributed by atoms with van der Waals surface area (Å²) < 4.78 is 6.94. The Balaban J connectivity index is 1.44. The molecule has 1 amide bonds. The molecule has 0 spiro atoms. The summed E-state index contributed by atoms with van der Waals surface area (Å²) in [6.45, 7) is 5.47. The van der Waals surface area contributed by atoms with Crippen LogP contribution in [0.1, 0.15) is 63.4 Å². The molecule has 0 unspecified atom stereocenters. The minimum atomic E-state index is -0.656. The monoisotopic (exact) mass is 454 g/mol. The molecule has 0 radical (unpaired) electrons. The topological polar surface area (TPSA) is 60.3 Å². The predicted octanol–water partition coefficient (Wildman–Crippen LogP) is 6.15. The molecule has 4 bridgehead atoms. The summed E-state index contributed by atoms with van der Waals surface area (Å²) in [6, 6.07) is 9.36. The van der Waals surface area contributed by atoms with E-state index >= 15 is 0 Å². The van der Waals surface area contributed by atoms with Gasteiger partial charge >= 0.3 is 6.09 Å². The van der Waals surface area contributed by atoms with Gasteiger partial charge in [-0.2, -0.15) is 0 Å². The molecule has 0 atom stereocenters. The molecule has 6 rings (SSSR count). The number of nitrogens with zero attached hydrogens (tertiary/aromatic N) is 1. The average Bonchev–Trinajstić information content (AvgIpc) is 3.15. The molecule has 1 heterocycles. The van der Waals surface area contributed by atoms with E-state index in [0.717, 1.165) is 23.0 Å². The van der Waals surface area contributed by atoms with Crippen LogP contribution >= 0.6 is 11.6 Å². The maximum Gasteiger partial charge on any atom is 0.419 e. The highest BCUT2D eigenvalue weighted by atomic mass is 35.5. The summed E-state index contributed by atoms with van der Waals surface area (Å²) in [7, 11) is 0. The average molecular weight is 455 g/mol. The first-order valence-corrected chi connectivity index (χ1v) is 12.1. The fraction of sp³-hybridized carbons (Fsp3) is 0.538. The van der Waals surface area contributed by atoms with Crippen molar-refractivity contribution in [2.75, 3.05) is 0 Å². The van der Waals surface area contributed by atoms with E-state index in [2.05, 4.69) is 5.32 Å². The Labute approximate surface area is 194 Å². The van der Waals surface area contributed by atoms with E-state index < -0.39 is 11.7 Å². The normalized spacial score (nSPS) is 28.6. The third kappa shape index (κ3) is 4.19. The van der Waals surface area contributed by atoms with Gasteiger partial charge in [-0.25, -0.2) is 9.36 Å². The lowest BCUT2D eigenvalue weighted by Gasteiger charge is -2.54. The van der Waals surface area contributed by atoms with E-state index in [9.17, 15) is 9.59 Å². The Bertz CT molecular complexity index is 1010. The molecule has 0 saturated heterocycles. The van der Waals surface area contributed by atoms with Gasteiger partial charge in [0.25, 0.3) is 5.91 Å². The Kier molecular flexibility index (Phi) is 5.36. The van der Waals surface area contributed by atoms with Crippen LogP contribution in [0, 0.1) is 23.7 Å². The van der Waals surface area contributed by atoms with Crippen LogP contribution in [0.25, 0.3) is 11.1 Å². The minimum Gasteiger partial charge on any atom is -0.443 e. The van der Waals surface area contributed by atoms with Crippen LogP contribution in [0.15, 0.2) is 36.5 Å². The van der Waals surface area contributed by atoms with Crippen LogP contribution in [0.2, 0.25) is 5.02 Å². The summed E-state index contributed by atoms with van der Waals surface area (Å²) in [5.74, 6) is 2.61. The van der Waals surface area contributed by atoms with Gasteiger partial charge in [-0.05, 0) is 100 Å². The van der Waals surface area contributed by atoms with Crippen molar-refractivity contribution in [3.63, 3.8) is 0 Å². The molecule has 1 N–H and O–H groups in total. The second kappa shape index (κ2) is 7.95. The number of rotatable bonds is 3. The number of nitrogens with one attached hydrogen (secondary N) is 1. The Morgan fingerprint density at radius 2 is 1.56 bits per heavy atom. The Morgan fingerprint density at radius 3 is 2.12 bits per heavy atom. The van der Waals surface area contributed by atoms with Crippen molar-refractivity contribution < 1.29 is 14.3 Å². The summed E-state index contributed by atoms with van der Waals surface area (Å²) in [5.41, 5.74) is 1.33. The number of halogens is 1. The lowest BCUT2D eigenvalue weighted by molar-refractivity contribution is -0.0121. The van der Waals surface area contributed by atoms with Gasteiger partial charge in [0, 0.05) is 22.8 Å². The van der Waals surface area contributed by atoms with Crippen molar-refractivity contribution >= 4 is 23.6 Å². The molecule has 6 heteroatoms. The molecule has 32 heavy (non-hydrogen) atoms. The molecule has 4 fully saturated rings. The van der Waals surface area contributed by atoms with Crippen LogP contribution in [0.3, 0.4) is 0 Å². The number of ether oxygens (including phenoxy) is 1. The fourth-order valence-corrected chi connectivity index (χ4v) is 6.41. The highest BCUT2D eigenvalue weighted by Gasteiger charge is 2.48. The zero-order valence-corrected chi connectivity index (χ0v) is 19.7. The first kappa shape index (κ1) is 21.6.